The molecule has 2 heterocycles. The normalized spacial score (nSPS) is 16.2. The van der Waals surface area contributed by atoms with Crippen molar-refractivity contribution in [3.05, 3.63) is 102 Å². The molecule has 4 aromatic rings. The van der Waals surface area contributed by atoms with Gasteiger partial charge < -0.3 is 5.32 Å². The minimum Gasteiger partial charge on any atom is -0.325 e. The summed E-state index contributed by atoms with van der Waals surface area (Å²) in [6, 6.07) is 29.4. The number of allylic oxidation sites excluding steroid dienone is 1. The lowest BCUT2D eigenvalue weighted by Crippen LogP contribution is -2.19. The minimum atomic E-state index is 0.111. The molecule has 1 aliphatic rings. The highest BCUT2D eigenvalue weighted by molar-refractivity contribution is 5.85. The Bertz CT molecular complexity index is 1060. The Morgan fingerprint density at radius 3 is 2.24 bits per heavy atom. The lowest BCUT2D eigenvalue weighted by atomic mass is 10.0. The fraction of sp³-hybridized carbons (Fsp3) is 0.0455. The molecule has 25 heavy (non-hydrogen) atoms. The summed E-state index contributed by atoms with van der Waals surface area (Å²) in [6.45, 7) is 0. The van der Waals surface area contributed by atoms with Crippen LogP contribution in [0.15, 0.2) is 91.0 Å². The smallest absolute Gasteiger partial charge is 0.209 e. The largest absolute Gasteiger partial charge is 0.325 e. The van der Waals surface area contributed by atoms with Gasteiger partial charge in [0.05, 0.1) is 17.1 Å². The summed E-state index contributed by atoms with van der Waals surface area (Å²) < 4.78 is 2.27. The van der Waals surface area contributed by atoms with E-state index in [2.05, 4.69) is 88.8 Å². The summed E-state index contributed by atoms with van der Waals surface area (Å²) in [5, 5.41) is 3.52. The van der Waals surface area contributed by atoms with E-state index in [0.29, 0.717) is 0 Å². The molecule has 0 aliphatic carbocycles. The lowest BCUT2D eigenvalue weighted by molar-refractivity contribution is 0.720. The minimum absolute atomic E-state index is 0.111. The summed E-state index contributed by atoms with van der Waals surface area (Å²) in [5.41, 5.74) is 5.66. The van der Waals surface area contributed by atoms with Gasteiger partial charge >= 0.3 is 0 Å². The third-order valence-electron chi connectivity index (χ3n) is 4.67. The van der Waals surface area contributed by atoms with Gasteiger partial charge in [0.1, 0.15) is 0 Å². The Labute approximate surface area is 146 Å². The third-order valence-corrected chi connectivity index (χ3v) is 4.67. The number of nitrogens with one attached hydrogen (secondary N) is 1. The van der Waals surface area contributed by atoms with E-state index in [-0.39, 0.29) is 6.04 Å². The zero-order valence-corrected chi connectivity index (χ0v) is 13.6. The van der Waals surface area contributed by atoms with Crippen molar-refractivity contribution < 1.29 is 0 Å². The summed E-state index contributed by atoms with van der Waals surface area (Å²) in [5.74, 6) is 0.886. The highest BCUT2D eigenvalue weighted by Gasteiger charge is 2.24. The molecule has 1 unspecified atom stereocenters. The van der Waals surface area contributed by atoms with Gasteiger partial charge in [-0.2, -0.15) is 0 Å². The summed E-state index contributed by atoms with van der Waals surface area (Å²) >= 11 is 0. The second kappa shape index (κ2) is 5.64. The number of hydrogen-bond acceptors (Lipinski definition) is 2. The Hall–Kier alpha value is -3.33. The Morgan fingerprint density at radius 1 is 0.760 bits per heavy atom. The van der Waals surface area contributed by atoms with Gasteiger partial charge in [0.2, 0.25) is 5.95 Å². The molecule has 1 aromatic heterocycles. The molecule has 0 saturated heterocycles. The molecule has 0 radical (unpaired) electrons. The summed E-state index contributed by atoms with van der Waals surface area (Å²) in [6.07, 6.45) is 2.28. The van der Waals surface area contributed by atoms with Crippen molar-refractivity contribution in [1.82, 2.24) is 9.55 Å². The number of imidazole rings is 1. The van der Waals surface area contributed by atoms with Crippen LogP contribution in [-0.2, 0) is 0 Å². The van der Waals surface area contributed by atoms with Crippen LogP contribution in [0.5, 0.6) is 0 Å². The first kappa shape index (κ1) is 14.1. The van der Waals surface area contributed by atoms with E-state index in [1.54, 1.807) is 0 Å². The molecule has 0 bridgehead atoms. The van der Waals surface area contributed by atoms with Crippen LogP contribution in [0, 0.1) is 0 Å². The van der Waals surface area contributed by atoms with Crippen molar-refractivity contribution in [3.63, 3.8) is 0 Å². The fourth-order valence-corrected chi connectivity index (χ4v) is 3.49. The van der Waals surface area contributed by atoms with Gasteiger partial charge in [0.15, 0.2) is 0 Å². The molecule has 0 saturated carbocycles. The highest BCUT2D eigenvalue weighted by Crippen LogP contribution is 2.36. The van der Waals surface area contributed by atoms with Crippen LogP contribution in [0.3, 0.4) is 0 Å². The van der Waals surface area contributed by atoms with E-state index in [4.69, 9.17) is 4.98 Å². The Kier molecular flexibility index (Phi) is 3.17. The number of benzene rings is 3. The second-order valence-electron chi connectivity index (χ2n) is 6.22. The second-order valence-corrected chi connectivity index (χ2v) is 6.22. The first-order valence-electron chi connectivity index (χ1n) is 8.46. The molecular weight excluding hydrogens is 306 g/mol. The maximum absolute atomic E-state index is 4.82. The predicted octanol–water partition coefficient (Wildman–Crippen LogP) is 5.09. The van der Waals surface area contributed by atoms with Crippen molar-refractivity contribution in [1.29, 1.82) is 0 Å². The van der Waals surface area contributed by atoms with Crippen molar-refractivity contribution in [2.75, 3.05) is 5.32 Å². The van der Waals surface area contributed by atoms with Crippen molar-refractivity contribution >= 4 is 22.7 Å². The average molecular weight is 323 g/mol. The molecule has 0 fully saturated rings. The van der Waals surface area contributed by atoms with Crippen molar-refractivity contribution in [2.45, 2.75) is 6.04 Å². The third kappa shape index (κ3) is 2.32. The zero-order valence-electron chi connectivity index (χ0n) is 13.6. The number of para-hydroxylation sites is 2. The first-order valence-corrected chi connectivity index (χ1v) is 8.46. The van der Waals surface area contributed by atoms with Crippen LogP contribution in [0.1, 0.15) is 17.2 Å². The van der Waals surface area contributed by atoms with Crippen LogP contribution < -0.4 is 5.32 Å². The maximum Gasteiger partial charge on any atom is 0.209 e. The first-order chi connectivity index (χ1) is 12.4. The number of fused-ring (bicyclic) bond motifs is 3. The van der Waals surface area contributed by atoms with E-state index in [0.717, 1.165) is 22.7 Å². The molecule has 5 rings (SSSR count). The highest BCUT2D eigenvalue weighted by atomic mass is 15.2. The maximum atomic E-state index is 4.82. The quantitative estimate of drug-likeness (QED) is 0.557. The zero-order chi connectivity index (χ0) is 16.6. The standard InChI is InChI=1S/C22H17N3/c1-3-9-16(10-4-1)19-15-21(17-11-5-2-6-12-17)25-20-14-8-7-13-18(20)23-22(25)24-19/h1-15,21H,(H,23,24). The van der Waals surface area contributed by atoms with Crippen LogP contribution in [0.4, 0.5) is 5.95 Å². The van der Waals surface area contributed by atoms with E-state index >= 15 is 0 Å². The molecule has 0 amide bonds. The van der Waals surface area contributed by atoms with Crippen LogP contribution in [0.25, 0.3) is 16.7 Å². The molecule has 0 spiro atoms. The molecule has 120 valence electrons. The molecular formula is C22H17N3. The van der Waals surface area contributed by atoms with E-state index in [1.165, 1.54) is 11.1 Å². The number of hydrogen-bond donors (Lipinski definition) is 1. The SMILES string of the molecule is C1=C(c2ccccc2)Nc2nc3ccccc3n2C1c1ccccc1. The average Bonchev–Trinajstić information content (AvgIpc) is 3.07. The monoisotopic (exact) mass is 323 g/mol. The van der Waals surface area contributed by atoms with Crippen molar-refractivity contribution in [2.24, 2.45) is 0 Å². The number of rotatable bonds is 2. The van der Waals surface area contributed by atoms with Gasteiger partial charge in [-0.3, -0.25) is 4.57 Å². The van der Waals surface area contributed by atoms with Gasteiger partial charge in [-0.25, -0.2) is 4.98 Å². The summed E-state index contributed by atoms with van der Waals surface area (Å²) in [7, 11) is 0. The number of anilines is 1. The molecule has 1 atom stereocenters. The van der Waals surface area contributed by atoms with E-state index < -0.39 is 0 Å². The van der Waals surface area contributed by atoms with Gasteiger partial charge in [-0.1, -0.05) is 72.8 Å². The van der Waals surface area contributed by atoms with Gasteiger partial charge in [-0.05, 0) is 29.3 Å². The predicted molar refractivity (Wildman–Crippen MR) is 102 cm³/mol. The van der Waals surface area contributed by atoms with E-state index in [1.807, 2.05) is 12.1 Å². The van der Waals surface area contributed by atoms with Crippen LogP contribution >= 0.6 is 0 Å². The van der Waals surface area contributed by atoms with Gasteiger partial charge in [0, 0.05) is 5.70 Å². The van der Waals surface area contributed by atoms with Crippen LogP contribution in [0.2, 0.25) is 0 Å². The van der Waals surface area contributed by atoms with Gasteiger partial charge in [-0.15, -0.1) is 0 Å². The Morgan fingerprint density at radius 2 is 1.44 bits per heavy atom. The number of nitrogens with zero attached hydrogens (tertiary/aromatic N) is 2. The Balaban J connectivity index is 1.74. The van der Waals surface area contributed by atoms with Gasteiger partial charge in [0.25, 0.3) is 0 Å². The fourth-order valence-electron chi connectivity index (χ4n) is 3.49. The topological polar surface area (TPSA) is 29.9 Å². The van der Waals surface area contributed by atoms with E-state index in [9.17, 15) is 0 Å². The number of aromatic nitrogens is 2. The van der Waals surface area contributed by atoms with Crippen molar-refractivity contribution in [3.8, 4) is 0 Å². The molecule has 3 aromatic carbocycles. The van der Waals surface area contributed by atoms with Crippen LogP contribution in [-0.4, -0.2) is 9.55 Å². The lowest BCUT2D eigenvalue weighted by Gasteiger charge is -2.26. The molecule has 3 nitrogen and oxygen atoms in total. The summed E-state index contributed by atoms with van der Waals surface area (Å²) in [4.78, 5) is 4.82. The molecule has 1 N–H and O–H groups in total. The molecule has 1 aliphatic heterocycles. The molecule has 3 heteroatoms.